The first-order valence-corrected chi connectivity index (χ1v) is 7.21. The van der Waals surface area contributed by atoms with Gasteiger partial charge in [-0.05, 0) is 42.0 Å². The van der Waals surface area contributed by atoms with Gasteiger partial charge in [-0.3, -0.25) is 9.36 Å². The van der Waals surface area contributed by atoms with Crippen LogP contribution in [0, 0.1) is 0 Å². The number of hydrogen-bond donors (Lipinski definition) is 1. The molecule has 1 aromatic heterocycles. The third-order valence-corrected chi connectivity index (χ3v) is 4.21. The molecule has 110 valence electrons. The van der Waals surface area contributed by atoms with Crippen molar-refractivity contribution in [2.45, 2.75) is 6.54 Å². The van der Waals surface area contributed by atoms with Crippen LogP contribution in [0.1, 0.15) is 15.9 Å². The lowest BCUT2D eigenvalue weighted by atomic mass is 10.1. The molecule has 0 bridgehead atoms. The Morgan fingerprint density at radius 3 is 2.77 bits per heavy atom. The summed E-state index contributed by atoms with van der Waals surface area (Å²) in [5.41, 5.74) is 3.55. The van der Waals surface area contributed by atoms with E-state index in [1.165, 1.54) is 0 Å². The molecule has 0 unspecified atom stereocenters. The van der Waals surface area contributed by atoms with Gasteiger partial charge in [-0.1, -0.05) is 11.6 Å². The van der Waals surface area contributed by atoms with Gasteiger partial charge in [-0.15, -0.1) is 0 Å². The highest BCUT2D eigenvalue weighted by Crippen LogP contribution is 2.26. The van der Waals surface area contributed by atoms with Crippen molar-refractivity contribution >= 4 is 28.5 Å². The van der Waals surface area contributed by atoms with Crippen molar-refractivity contribution in [3.05, 3.63) is 63.0 Å². The van der Waals surface area contributed by atoms with Crippen molar-refractivity contribution in [2.24, 2.45) is 0 Å². The van der Waals surface area contributed by atoms with E-state index in [0.717, 1.165) is 22.3 Å². The fraction of sp³-hybridized carbons (Fsp3) is 0.125. The SMILES string of the molecule is CN1Cc2cc(-n3c(=O)[nH]c4ccc(Cl)cc43)ccc2C1=O. The maximum Gasteiger partial charge on any atom is 0.331 e. The summed E-state index contributed by atoms with van der Waals surface area (Å²) in [5.74, 6) is 0.0101. The van der Waals surface area contributed by atoms with E-state index in [9.17, 15) is 9.59 Å². The second-order valence-electron chi connectivity index (χ2n) is 5.43. The zero-order chi connectivity index (χ0) is 15.4. The van der Waals surface area contributed by atoms with Crippen molar-refractivity contribution in [1.29, 1.82) is 0 Å². The smallest absolute Gasteiger partial charge is 0.331 e. The number of nitrogens with zero attached hydrogens (tertiary/aromatic N) is 2. The van der Waals surface area contributed by atoms with Crippen molar-refractivity contribution in [1.82, 2.24) is 14.5 Å². The summed E-state index contributed by atoms with van der Waals surface area (Å²) < 4.78 is 1.57. The molecule has 2 heterocycles. The van der Waals surface area contributed by atoms with Crippen molar-refractivity contribution in [3.8, 4) is 5.69 Å². The summed E-state index contributed by atoms with van der Waals surface area (Å²) in [6, 6.07) is 10.7. The average Bonchev–Trinajstić information content (AvgIpc) is 2.95. The Balaban J connectivity index is 1.96. The molecule has 0 saturated carbocycles. The van der Waals surface area contributed by atoms with Crippen LogP contribution < -0.4 is 5.69 Å². The van der Waals surface area contributed by atoms with Gasteiger partial charge in [0.2, 0.25) is 0 Å². The Kier molecular flexibility index (Phi) is 2.68. The maximum atomic E-state index is 12.3. The number of carbonyl (C=O) groups excluding carboxylic acids is 1. The van der Waals surface area contributed by atoms with E-state index in [-0.39, 0.29) is 11.6 Å². The standard InChI is InChI=1S/C16H12ClN3O2/c1-19-8-9-6-11(3-4-12(9)15(19)21)20-14-7-10(17)2-5-13(14)18-16(20)22/h2-7H,8H2,1H3,(H,18,22). The minimum Gasteiger partial charge on any atom is -0.337 e. The summed E-state index contributed by atoms with van der Waals surface area (Å²) in [6.45, 7) is 0.555. The van der Waals surface area contributed by atoms with Crippen molar-refractivity contribution in [2.75, 3.05) is 7.05 Å². The van der Waals surface area contributed by atoms with Crippen molar-refractivity contribution in [3.63, 3.8) is 0 Å². The highest BCUT2D eigenvalue weighted by Gasteiger charge is 2.24. The normalized spacial score (nSPS) is 13.9. The Bertz CT molecular complexity index is 987. The number of imidazole rings is 1. The van der Waals surface area contributed by atoms with Crippen LogP contribution >= 0.6 is 11.6 Å². The maximum absolute atomic E-state index is 12.3. The fourth-order valence-corrected chi connectivity index (χ4v) is 3.09. The van der Waals surface area contributed by atoms with E-state index in [1.807, 2.05) is 6.07 Å². The number of halogens is 1. The van der Waals surface area contributed by atoms with Crippen LogP contribution in [-0.2, 0) is 6.54 Å². The van der Waals surface area contributed by atoms with Gasteiger partial charge < -0.3 is 9.88 Å². The number of carbonyl (C=O) groups is 1. The number of amides is 1. The summed E-state index contributed by atoms with van der Waals surface area (Å²) in [7, 11) is 1.76. The number of aromatic amines is 1. The van der Waals surface area contributed by atoms with Crippen LogP contribution in [0.5, 0.6) is 0 Å². The van der Waals surface area contributed by atoms with E-state index in [2.05, 4.69) is 4.98 Å². The predicted octanol–water partition coefficient (Wildman–Crippen LogP) is 2.56. The number of aromatic nitrogens is 2. The molecule has 1 N–H and O–H groups in total. The second-order valence-corrected chi connectivity index (χ2v) is 5.87. The third kappa shape index (κ3) is 1.79. The van der Waals surface area contributed by atoms with Gasteiger partial charge in [-0.25, -0.2) is 4.79 Å². The minimum atomic E-state index is -0.227. The summed E-state index contributed by atoms with van der Waals surface area (Å²) in [6.07, 6.45) is 0. The highest BCUT2D eigenvalue weighted by atomic mass is 35.5. The Hall–Kier alpha value is -2.53. The summed E-state index contributed by atoms with van der Waals surface area (Å²) in [5, 5.41) is 0.566. The molecule has 1 aliphatic rings. The third-order valence-electron chi connectivity index (χ3n) is 3.98. The van der Waals surface area contributed by atoms with Crippen LogP contribution in [0.2, 0.25) is 5.02 Å². The number of rotatable bonds is 1. The first kappa shape index (κ1) is 13.2. The van der Waals surface area contributed by atoms with Crippen LogP contribution in [0.4, 0.5) is 0 Å². The molecule has 2 aromatic carbocycles. The lowest BCUT2D eigenvalue weighted by Crippen LogP contribution is -2.17. The zero-order valence-corrected chi connectivity index (χ0v) is 12.5. The van der Waals surface area contributed by atoms with Crippen molar-refractivity contribution < 1.29 is 4.79 Å². The molecule has 0 atom stereocenters. The quantitative estimate of drug-likeness (QED) is 0.750. The molecule has 22 heavy (non-hydrogen) atoms. The molecule has 1 amide bonds. The lowest BCUT2D eigenvalue weighted by Gasteiger charge is -2.06. The Morgan fingerprint density at radius 1 is 1.14 bits per heavy atom. The summed E-state index contributed by atoms with van der Waals surface area (Å²) >= 11 is 6.04. The van der Waals surface area contributed by atoms with Gasteiger partial charge in [0.25, 0.3) is 5.91 Å². The largest absolute Gasteiger partial charge is 0.337 e. The molecule has 0 fully saturated rings. The highest BCUT2D eigenvalue weighted by molar-refractivity contribution is 6.31. The van der Waals surface area contributed by atoms with E-state index in [4.69, 9.17) is 11.6 Å². The first-order chi connectivity index (χ1) is 10.5. The number of hydrogen-bond acceptors (Lipinski definition) is 2. The topological polar surface area (TPSA) is 58.1 Å². The predicted molar refractivity (Wildman–Crippen MR) is 84.7 cm³/mol. The summed E-state index contributed by atoms with van der Waals surface area (Å²) in [4.78, 5) is 28.7. The minimum absolute atomic E-state index is 0.0101. The Labute approximate surface area is 130 Å². The molecule has 0 spiro atoms. The van der Waals surface area contributed by atoms with Gasteiger partial charge in [0.15, 0.2) is 0 Å². The number of nitrogens with one attached hydrogen (secondary N) is 1. The van der Waals surface area contributed by atoms with E-state index < -0.39 is 0 Å². The van der Waals surface area contributed by atoms with Crippen LogP contribution in [0.15, 0.2) is 41.2 Å². The van der Waals surface area contributed by atoms with E-state index >= 15 is 0 Å². The molecule has 6 heteroatoms. The molecule has 4 rings (SSSR count). The molecule has 1 aliphatic heterocycles. The van der Waals surface area contributed by atoms with Gasteiger partial charge in [0.1, 0.15) is 0 Å². The number of H-pyrrole nitrogens is 1. The fourth-order valence-electron chi connectivity index (χ4n) is 2.92. The van der Waals surface area contributed by atoms with Crippen LogP contribution in [0.3, 0.4) is 0 Å². The van der Waals surface area contributed by atoms with Crippen LogP contribution in [-0.4, -0.2) is 27.4 Å². The first-order valence-electron chi connectivity index (χ1n) is 6.83. The number of benzene rings is 2. The number of fused-ring (bicyclic) bond motifs is 2. The molecule has 0 aliphatic carbocycles. The molecule has 0 radical (unpaired) electrons. The molecular weight excluding hydrogens is 302 g/mol. The van der Waals surface area contributed by atoms with Gasteiger partial charge >= 0.3 is 5.69 Å². The van der Waals surface area contributed by atoms with Gasteiger partial charge in [-0.2, -0.15) is 0 Å². The lowest BCUT2D eigenvalue weighted by molar-refractivity contribution is 0.0816. The molecule has 3 aromatic rings. The van der Waals surface area contributed by atoms with E-state index in [1.54, 1.807) is 46.8 Å². The average molecular weight is 314 g/mol. The van der Waals surface area contributed by atoms with Crippen LogP contribution in [0.25, 0.3) is 16.7 Å². The molecule has 0 saturated heterocycles. The molecule has 5 nitrogen and oxygen atoms in total. The van der Waals surface area contributed by atoms with E-state index in [0.29, 0.717) is 17.1 Å². The van der Waals surface area contributed by atoms with Gasteiger partial charge in [0.05, 0.1) is 16.7 Å². The Morgan fingerprint density at radius 2 is 1.95 bits per heavy atom. The zero-order valence-electron chi connectivity index (χ0n) is 11.8. The van der Waals surface area contributed by atoms with Gasteiger partial charge in [0, 0.05) is 24.2 Å². The second kappa shape index (κ2) is 4.48. The monoisotopic (exact) mass is 313 g/mol. The molecular formula is C16H12ClN3O2.